The molecular formula is C27H32N6O4. The molecule has 37 heavy (non-hydrogen) atoms. The van der Waals surface area contributed by atoms with Crippen molar-refractivity contribution in [3.63, 3.8) is 0 Å². The smallest absolute Gasteiger partial charge is 0.257 e. The molecule has 10 heteroatoms. The lowest BCUT2D eigenvalue weighted by Gasteiger charge is -2.12. The van der Waals surface area contributed by atoms with Crippen molar-refractivity contribution in [3.05, 3.63) is 47.5 Å². The van der Waals surface area contributed by atoms with Gasteiger partial charge in [0.2, 0.25) is 5.75 Å². The number of methoxy groups -OCH3 is 3. The molecule has 0 aliphatic carbocycles. The summed E-state index contributed by atoms with van der Waals surface area (Å²) in [5.41, 5.74) is 9.53. The molecule has 0 radical (unpaired) electrons. The van der Waals surface area contributed by atoms with Gasteiger partial charge >= 0.3 is 0 Å². The third kappa shape index (κ3) is 5.28. The van der Waals surface area contributed by atoms with Crippen molar-refractivity contribution >= 4 is 40.1 Å². The molecule has 194 valence electrons. The number of unbranched alkanes of at least 4 members (excludes halogenated alkanes) is 3. The van der Waals surface area contributed by atoms with Crippen LogP contribution in [0.5, 0.6) is 17.2 Å². The first-order chi connectivity index (χ1) is 18.0. The van der Waals surface area contributed by atoms with E-state index in [1.807, 2.05) is 24.3 Å². The molecule has 3 N–H and O–H groups in total. The topological polar surface area (TPSA) is 126 Å². The van der Waals surface area contributed by atoms with Crippen LogP contribution in [0.1, 0.15) is 48.5 Å². The molecule has 0 aliphatic heterocycles. The fourth-order valence-corrected chi connectivity index (χ4v) is 4.13. The van der Waals surface area contributed by atoms with Crippen LogP contribution in [0.3, 0.4) is 0 Å². The minimum atomic E-state index is -0.301. The van der Waals surface area contributed by atoms with Gasteiger partial charge in [-0.15, -0.1) is 0 Å². The summed E-state index contributed by atoms with van der Waals surface area (Å²) in [7, 11) is 4.63. The van der Waals surface area contributed by atoms with Crippen molar-refractivity contribution in [2.24, 2.45) is 5.10 Å². The van der Waals surface area contributed by atoms with Crippen molar-refractivity contribution in [3.8, 4) is 17.2 Å². The highest BCUT2D eigenvalue weighted by molar-refractivity contribution is 6.10. The number of nitrogens with zero attached hydrogens (tertiary/aromatic N) is 4. The number of anilines is 1. The molecule has 0 spiro atoms. The summed E-state index contributed by atoms with van der Waals surface area (Å²) < 4.78 is 17.7. The number of hydrogen-bond acceptors (Lipinski definition) is 8. The highest BCUT2D eigenvalue weighted by Gasteiger charge is 2.24. The van der Waals surface area contributed by atoms with Gasteiger partial charge in [-0.25, -0.2) is 9.97 Å². The van der Waals surface area contributed by atoms with E-state index in [0.29, 0.717) is 51.6 Å². The third-order valence-electron chi connectivity index (χ3n) is 6.03. The Labute approximate surface area is 215 Å². The molecule has 2 aromatic heterocycles. The third-order valence-corrected chi connectivity index (χ3v) is 6.03. The van der Waals surface area contributed by atoms with Crippen LogP contribution < -0.4 is 25.3 Å². The van der Waals surface area contributed by atoms with E-state index >= 15 is 0 Å². The molecule has 2 heterocycles. The van der Waals surface area contributed by atoms with Crippen LogP contribution in [-0.4, -0.2) is 54.6 Å². The first kappa shape index (κ1) is 25.7. The number of amides is 1. The number of ether oxygens (including phenoxy) is 3. The van der Waals surface area contributed by atoms with Gasteiger partial charge in [-0.05, 0) is 30.7 Å². The Morgan fingerprint density at radius 2 is 1.70 bits per heavy atom. The summed E-state index contributed by atoms with van der Waals surface area (Å²) in [4.78, 5) is 22.6. The van der Waals surface area contributed by atoms with Gasteiger partial charge in [0.05, 0.1) is 38.6 Å². The van der Waals surface area contributed by atoms with Gasteiger partial charge in [-0.2, -0.15) is 9.78 Å². The summed E-state index contributed by atoms with van der Waals surface area (Å²) in [5.74, 6) is 1.30. The fourth-order valence-electron chi connectivity index (χ4n) is 4.13. The largest absolute Gasteiger partial charge is 0.493 e. The Morgan fingerprint density at radius 1 is 1.03 bits per heavy atom. The molecule has 0 fully saturated rings. The molecule has 4 rings (SSSR count). The summed E-state index contributed by atoms with van der Waals surface area (Å²) in [6.07, 6.45) is 5.79. The maximum Gasteiger partial charge on any atom is 0.257 e. The molecule has 1 amide bonds. The first-order valence-corrected chi connectivity index (χ1v) is 12.2. The van der Waals surface area contributed by atoms with Crippen LogP contribution in [0.2, 0.25) is 0 Å². The summed E-state index contributed by atoms with van der Waals surface area (Å²) in [6, 6.07) is 11.0. The lowest BCUT2D eigenvalue weighted by atomic mass is 10.2. The highest BCUT2D eigenvalue weighted by Crippen LogP contribution is 2.38. The first-order valence-electron chi connectivity index (χ1n) is 12.2. The number of fused-ring (bicyclic) bond motifs is 2. The van der Waals surface area contributed by atoms with E-state index in [-0.39, 0.29) is 17.3 Å². The average Bonchev–Trinajstić information content (AvgIpc) is 3.19. The molecule has 4 aromatic rings. The maximum atomic E-state index is 13.2. The highest BCUT2D eigenvalue weighted by atomic mass is 16.5. The number of hydrogen-bond donors (Lipinski definition) is 2. The van der Waals surface area contributed by atoms with E-state index in [2.05, 4.69) is 17.3 Å². The normalized spacial score (nSPS) is 11.4. The number of nitrogen functional groups attached to an aromatic ring is 1. The number of nitrogens with one attached hydrogen (secondary N) is 1. The zero-order valence-corrected chi connectivity index (χ0v) is 21.6. The van der Waals surface area contributed by atoms with Gasteiger partial charge in [0, 0.05) is 12.1 Å². The second-order valence-corrected chi connectivity index (χ2v) is 8.48. The van der Waals surface area contributed by atoms with E-state index in [0.717, 1.165) is 25.7 Å². The Hall–Kier alpha value is -4.34. The summed E-state index contributed by atoms with van der Waals surface area (Å²) in [6.45, 7) is 2.70. The Bertz CT molecular complexity index is 1420. The minimum Gasteiger partial charge on any atom is -0.493 e. The number of carbonyl (C=O) groups is 1. The Morgan fingerprint density at radius 3 is 2.32 bits per heavy atom. The SMILES string of the molecule is CCCCCCNC(=O)c1c(N)n(/N=C\c2cc(OC)c(OC)c(OC)c2)c2nc3ccccc3nc12. The zero-order valence-electron chi connectivity index (χ0n) is 21.6. The second kappa shape index (κ2) is 11.6. The number of rotatable bonds is 11. The van der Waals surface area contributed by atoms with Crippen molar-refractivity contribution in [1.82, 2.24) is 20.0 Å². The second-order valence-electron chi connectivity index (χ2n) is 8.48. The van der Waals surface area contributed by atoms with Crippen molar-refractivity contribution in [2.45, 2.75) is 32.6 Å². The van der Waals surface area contributed by atoms with E-state index < -0.39 is 0 Å². The minimum absolute atomic E-state index is 0.153. The van der Waals surface area contributed by atoms with E-state index in [1.54, 1.807) is 39.7 Å². The van der Waals surface area contributed by atoms with Gasteiger partial charge in [-0.3, -0.25) is 4.79 Å². The molecule has 0 unspecified atom stereocenters. The monoisotopic (exact) mass is 504 g/mol. The summed E-state index contributed by atoms with van der Waals surface area (Å²) in [5, 5.41) is 7.54. The summed E-state index contributed by atoms with van der Waals surface area (Å²) >= 11 is 0. The van der Waals surface area contributed by atoms with Gasteiger partial charge < -0.3 is 25.3 Å². The quantitative estimate of drug-likeness (QED) is 0.229. The van der Waals surface area contributed by atoms with Crippen molar-refractivity contribution in [2.75, 3.05) is 33.6 Å². The van der Waals surface area contributed by atoms with Crippen LogP contribution in [0.15, 0.2) is 41.5 Å². The van der Waals surface area contributed by atoms with E-state index in [1.165, 1.54) is 4.68 Å². The lowest BCUT2D eigenvalue weighted by Crippen LogP contribution is -2.25. The molecule has 0 saturated carbocycles. The van der Waals surface area contributed by atoms with Gasteiger partial charge in [0.1, 0.15) is 16.9 Å². The van der Waals surface area contributed by atoms with Crippen LogP contribution in [0, 0.1) is 0 Å². The molecule has 0 saturated heterocycles. The number of nitrogens with two attached hydrogens (primary N) is 1. The molecular weight excluding hydrogens is 472 g/mol. The Balaban J connectivity index is 1.78. The van der Waals surface area contributed by atoms with Gasteiger partial charge in [0.15, 0.2) is 17.1 Å². The average molecular weight is 505 g/mol. The van der Waals surface area contributed by atoms with E-state index in [9.17, 15) is 4.79 Å². The van der Waals surface area contributed by atoms with Gasteiger partial charge in [-0.1, -0.05) is 38.3 Å². The van der Waals surface area contributed by atoms with E-state index in [4.69, 9.17) is 29.9 Å². The molecule has 0 bridgehead atoms. The van der Waals surface area contributed by atoms with Gasteiger partial charge in [0.25, 0.3) is 5.91 Å². The standard InChI is InChI=1S/C27H32N6O4/c1-5-6-7-10-13-29-27(34)22-23-26(32-19-12-9-8-11-18(19)31-23)33(25(22)28)30-16-17-14-20(35-2)24(37-4)21(15-17)36-3/h8-9,11-12,14-16H,5-7,10,13,28H2,1-4H3,(H,29,34)/b30-16-. The van der Waals surface area contributed by atoms with Crippen LogP contribution >= 0.6 is 0 Å². The Kier molecular flexibility index (Phi) is 8.07. The number of carbonyl (C=O) groups excluding carboxylic acids is 1. The molecule has 0 atom stereocenters. The fraction of sp³-hybridized carbons (Fsp3) is 0.333. The lowest BCUT2D eigenvalue weighted by molar-refractivity contribution is 0.0955. The predicted octanol–water partition coefficient (Wildman–Crippen LogP) is 4.38. The number of aromatic nitrogens is 3. The molecule has 10 nitrogen and oxygen atoms in total. The van der Waals surface area contributed by atoms with Crippen LogP contribution in [0.4, 0.5) is 5.82 Å². The maximum absolute atomic E-state index is 13.2. The zero-order chi connectivity index (χ0) is 26.4. The molecule has 0 aliphatic rings. The number of para-hydroxylation sites is 2. The number of benzene rings is 2. The van der Waals surface area contributed by atoms with Crippen molar-refractivity contribution < 1.29 is 19.0 Å². The molecule has 2 aromatic carbocycles. The predicted molar refractivity (Wildman–Crippen MR) is 145 cm³/mol. The van der Waals surface area contributed by atoms with Crippen LogP contribution in [0.25, 0.3) is 22.2 Å². The van der Waals surface area contributed by atoms with Crippen molar-refractivity contribution in [1.29, 1.82) is 0 Å². The van der Waals surface area contributed by atoms with Crippen LogP contribution in [-0.2, 0) is 0 Å².